The van der Waals surface area contributed by atoms with Crippen LogP contribution in [0.25, 0.3) is 0 Å². The molecule has 1 fully saturated rings. The number of amides is 1. The Kier molecular flexibility index (Phi) is 7.14. The number of rotatable bonds is 5. The molecule has 33 heavy (non-hydrogen) atoms. The Morgan fingerprint density at radius 3 is 2.24 bits per heavy atom. The molecule has 2 aliphatic heterocycles. The van der Waals surface area contributed by atoms with Crippen molar-refractivity contribution in [1.82, 2.24) is 4.31 Å². The number of benzene rings is 2. The van der Waals surface area contributed by atoms with Gasteiger partial charge in [-0.15, -0.1) is 0 Å². The van der Waals surface area contributed by atoms with Gasteiger partial charge >= 0.3 is 5.97 Å². The minimum Gasteiger partial charge on any atom is -0.449 e. The van der Waals surface area contributed by atoms with E-state index in [9.17, 15) is 18.0 Å². The molecule has 2 heterocycles. The molecule has 0 N–H and O–H groups in total. The number of nitrogens with zero attached hydrogens (tertiary/aromatic N) is 2. The van der Waals surface area contributed by atoms with E-state index in [-0.39, 0.29) is 16.4 Å². The van der Waals surface area contributed by atoms with Crippen molar-refractivity contribution in [3.8, 4) is 0 Å². The number of fused-ring (bicyclic) bond motifs is 1. The van der Waals surface area contributed by atoms with Crippen LogP contribution in [0.15, 0.2) is 53.4 Å². The van der Waals surface area contributed by atoms with Gasteiger partial charge in [0.25, 0.3) is 5.91 Å². The van der Waals surface area contributed by atoms with Crippen LogP contribution in [0.3, 0.4) is 0 Å². The number of carbonyl (C=O) groups excluding carboxylic acids is 2. The molecule has 0 radical (unpaired) electrons. The molecule has 176 valence electrons. The van der Waals surface area contributed by atoms with Crippen LogP contribution in [-0.4, -0.2) is 50.3 Å². The highest BCUT2D eigenvalue weighted by molar-refractivity contribution is 7.89. The first kappa shape index (κ1) is 23.4. The number of sulfonamides is 1. The number of aryl methyl sites for hydroxylation is 1. The maximum atomic E-state index is 13.0. The molecule has 2 aliphatic rings. The molecule has 1 atom stereocenters. The number of hydrogen-bond acceptors (Lipinski definition) is 5. The first-order valence-corrected chi connectivity index (χ1v) is 13.0. The molecule has 1 unspecified atom stereocenters. The van der Waals surface area contributed by atoms with E-state index in [0.29, 0.717) is 19.6 Å². The standard InChI is InChI=1S/C25H30N2O5S/c1-19(24(28)27-18-8-10-20-9-4-5-11-23(20)27)32-25(29)21-12-14-22(15-13-21)33(30,31)26-16-6-2-3-7-17-26/h4-5,9,11-15,19H,2-3,6-8,10,16-18H2,1H3. The Bertz CT molecular complexity index is 1110. The fourth-order valence-corrected chi connectivity index (χ4v) is 5.97. The normalized spacial score (nSPS) is 18.2. The third kappa shape index (κ3) is 5.12. The van der Waals surface area contributed by atoms with Gasteiger partial charge in [0.05, 0.1) is 10.5 Å². The van der Waals surface area contributed by atoms with Crippen LogP contribution in [-0.2, 0) is 26.0 Å². The highest BCUT2D eigenvalue weighted by Gasteiger charge is 2.29. The fraction of sp³-hybridized carbons (Fsp3) is 0.440. The highest BCUT2D eigenvalue weighted by Crippen LogP contribution is 2.28. The van der Waals surface area contributed by atoms with Gasteiger partial charge in [0.2, 0.25) is 10.0 Å². The molecule has 1 saturated heterocycles. The molecule has 0 aromatic heterocycles. The summed E-state index contributed by atoms with van der Waals surface area (Å²) >= 11 is 0. The second kappa shape index (κ2) is 10.1. The summed E-state index contributed by atoms with van der Waals surface area (Å²) in [7, 11) is -3.59. The zero-order chi connectivity index (χ0) is 23.4. The van der Waals surface area contributed by atoms with Gasteiger partial charge in [0, 0.05) is 25.3 Å². The summed E-state index contributed by atoms with van der Waals surface area (Å²) in [4.78, 5) is 27.5. The van der Waals surface area contributed by atoms with Crippen molar-refractivity contribution in [3.63, 3.8) is 0 Å². The lowest BCUT2D eigenvalue weighted by atomic mass is 10.0. The summed E-state index contributed by atoms with van der Waals surface area (Å²) in [5.74, 6) is -0.921. The number of carbonyl (C=O) groups is 2. The van der Waals surface area contributed by atoms with Crippen LogP contribution in [0.2, 0.25) is 0 Å². The fourth-order valence-electron chi connectivity index (χ4n) is 4.46. The van der Waals surface area contributed by atoms with Crippen LogP contribution in [0.5, 0.6) is 0 Å². The summed E-state index contributed by atoms with van der Waals surface area (Å²) in [5.41, 5.74) is 2.18. The first-order valence-electron chi connectivity index (χ1n) is 11.6. The number of esters is 1. The Labute approximate surface area is 195 Å². The van der Waals surface area contributed by atoms with Gasteiger partial charge in [-0.2, -0.15) is 4.31 Å². The second-order valence-corrected chi connectivity index (χ2v) is 10.6. The minimum absolute atomic E-state index is 0.162. The molecule has 2 aromatic rings. The van der Waals surface area contributed by atoms with Gasteiger partial charge in [0.15, 0.2) is 6.10 Å². The van der Waals surface area contributed by atoms with Crippen LogP contribution >= 0.6 is 0 Å². The molecule has 4 rings (SSSR count). The maximum Gasteiger partial charge on any atom is 0.338 e. The zero-order valence-electron chi connectivity index (χ0n) is 18.9. The SMILES string of the molecule is CC(OC(=O)c1ccc(S(=O)(=O)N2CCCCCC2)cc1)C(=O)N1CCCc2ccccc21. The number of ether oxygens (including phenoxy) is 1. The molecule has 7 nitrogen and oxygen atoms in total. The van der Waals surface area contributed by atoms with Crippen molar-refractivity contribution in [2.75, 3.05) is 24.5 Å². The molecular weight excluding hydrogens is 440 g/mol. The van der Waals surface area contributed by atoms with Crippen LogP contribution in [0, 0.1) is 0 Å². The Hall–Kier alpha value is -2.71. The van der Waals surface area contributed by atoms with Gasteiger partial charge in [-0.1, -0.05) is 31.0 Å². The average molecular weight is 471 g/mol. The molecule has 0 aliphatic carbocycles. The van der Waals surface area contributed by atoms with Crippen molar-refractivity contribution in [2.24, 2.45) is 0 Å². The van der Waals surface area contributed by atoms with Crippen molar-refractivity contribution >= 4 is 27.6 Å². The molecule has 1 amide bonds. The topological polar surface area (TPSA) is 84.0 Å². The van der Waals surface area contributed by atoms with Crippen molar-refractivity contribution < 1.29 is 22.7 Å². The smallest absolute Gasteiger partial charge is 0.338 e. The maximum absolute atomic E-state index is 13.0. The number of para-hydroxylation sites is 1. The summed E-state index contributed by atoms with van der Waals surface area (Å²) in [6.07, 6.45) is 4.61. The monoisotopic (exact) mass is 470 g/mol. The summed E-state index contributed by atoms with van der Waals surface area (Å²) < 4.78 is 32.8. The van der Waals surface area contributed by atoms with E-state index < -0.39 is 22.1 Å². The van der Waals surface area contributed by atoms with E-state index in [1.54, 1.807) is 11.8 Å². The zero-order valence-corrected chi connectivity index (χ0v) is 19.7. The molecule has 0 saturated carbocycles. The van der Waals surface area contributed by atoms with E-state index in [1.165, 1.54) is 28.6 Å². The summed E-state index contributed by atoms with van der Waals surface area (Å²) in [6.45, 7) is 3.19. The molecule has 0 bridgehead atoms. The summed E-state index contributed by atoms with van der Waals surface area (Å²) in [6, 6.07) is 13.5. The van der Waals surface area contributed by atoms with Crippen LogP contribution < -0.4 is 4.90 Å². The second-order valence-electron chi connectivity index (χ2n) is 8.61. The van der Waals surface area contributed by atoms with E-state index in [2.05, 4.69) is 0 Å². The Balaban J connectivity index is 1.42. The van der Waals surface area contributed by atoms with Crippen molar-refractivity contribution in [2.45, 2.75) is 56.4 Å². The molecule has 0 spiro atoms. The molecule has 2 aromatic carbocycles. The van der Waals surface area contributed by atoms with Crippen molar-refractivity contribution in [3.05, 3.63) is 59.7 Å². The number of anilines is 1. The van der Waals surface area contributed by atoms with Gasteiger partial charge in [-0.05, 0) is 68.5 Å². The van der Waals surface area contributed by atoms with E-state index in [0.717, 1.165) is 49.8 Å². The Morgan fingerprint density at radius 2 is 1.55 bits per heavy atom. The van der Waals surface area contributed by atoms with E-state index in [1.807, 2.05) is 24.3 Å². The lowest BCUT2D eigenvalue weighted by molar-refractivity contribution is -0.126. The van der Waals surface area contributed by atoms with Gasteiger partial charge in [-0.3, -0.25) is 4.79 Å². The predicted octanol–water partition coefficient (Wildman–Crippen LogP) is 3.78. The Morgan fingerprint density at radius 1 is 0.879 bits per heavy atom. The average Bonchev–Trinajstić information content (AvgIpc) is 3.13. The third-order valence-electron chi connectivity index (χ3n) is 6.30. The van der Waals surface area contributed by atoms with Crippen molar-refractivity contribution in [1.29, 1.82) is 0 Å². The first-order chi connectivity index (χ1) is 15.9. The molecule has 8 heteroatoms. The lowest BCUT2D eigenvalue weighted by Gasteiger charge is -2.31. The molecular formula is C25H30N2O5S. The van der Waals surface area contributed by atoms with Gasteiger partial charge < -0.3 is 9.64 Å². The van der Waals surface area contributed by atoms with E-state index in [4.69, 9.17) is 4.74 Å². The predicted molar refractivity (Wildman–Crippen MR) is 126 cm³/mol. The summed E-state index contributed by atoms with van der Waals surface area (Å²) in [5, 5.41) is 0. The van der Waals surface area contributed by atoms with Gasteiger partial charge in [-0.25, -0.2) is 13.2 Å². The number of hydrogen-bond donors (Lipinski definition) is 0. The van der Waals surface area contributed by atoms with Crippen LogP contribution in [0.1, 0.15) is 54.9 Å². The quantitative estimate of drug-likeness (QED) is 0.621. The van der Waals surface area contributed by atoms with Gasteiger partial charge in [0.1, 0.15) is 0 Å². The largest absolute Gasteiger partial charge is 0.449 e. The van der Waals surface area contributed by atoms with E-state index >= 15 is 0 Å². The minimum atomic E-state index is -3.59. The van der Waals surface area contributed by atoms with Crippen LogP contribution in [0.4, 0.5) is 5.69 Å². The highest BCUT2D eigenvalue weighted by atomic mass is 32.2. The third-order valence-corrected chi connectivity index (χ3v) is 8.21. The lowest BCUT2D eigenvalue weighted by Crippen LogP contribution is -2.42.